The molecule has 1 aliphatic heterocycles. The summed E-state index contributed by atoms with van der Waals surface area (Å²) < 4.78 is 0. The topological polar surface area (TPSA) is 37.4 Å². The molecule has 0 bridgehead atoms. The summed E-state index contributed by atoms with van der Waals surface area (Å²) in [6.07, 6.45) is 6.04. The minimum atomic E-state index is -0.0792. The van der Waals surface area contributed by atoms with Gasteiger partial charge in [0.2, 0.25) is 11.8 Å². The Labute approximate surface area is 200 Å². The fourth-order valence-corrected chi connectivity index (χ4v) is 6.71. The molecule has 33 heavy (non-hydrogen) atoms. The fraction of sp³-hybridized carbons (Fsp3) is 0.310. The van der Waals surface area contributed by atoms with Crippen LogP contribution >= 0.6 is 0 Å². The van der Waals surface area contributed by atoms with Crippen LogP contribution in [-0.4, -0.2) is 22.8 Å². The van der Waals surface area contributed by atoms with E-state index in [2.05, 4.69) is 91.0 Å². The molecule has 1 saturated heterocycles. The molecular weight excluding hydrogens is 426 g/mol. The van der Waals surface area contributed by atoms with Crippen LogP contribution in [0.2, 0.25) is 0 Å². The van der Waals surface area contributed by atoms with Crippen molar-refractivity contribution < 1.29 is 9.59 Å². The predicted octanol–water partition coefficient (Wildman–Crippen LogP) is 6.50. The third kappa shape index (κ3) is 5.75. The first-order valence-electron chi connectivity index (χ1n) is 11.9. The van der Waals surface area contributed by atoms with Gasteiger partial charge < -0.3 is 0 Å². The van der Waals surface area contributed by atoms with Crippen molar-refractivity contribution in [3.63, 3.8) is 0 Å². The van der Waals surface area contributed by atoms with Crippen LogP contribution < -0.4 is 0 Å². The SMILES string of the molecule is CC1CC(=O)N(C2CCCCC2)C1=O.c1ccc([S+](c2ccccc2)c2ccccc2)cc1. The molecule has 4 heteroatoms. The summed E-state index contributed by atoms with van der Waals surface area (Å²) in [6.45, 7) is 1.85. The summed E-state index contributed by atoms with van der Waals surface area (Å²) in [6, 6.07) is 32.4. The van der Waals surface area contributed by atoms with E-state index in [1.807, 2.05) is 6.92 Å². The Bertz CT molecular complexity index is 939. The average molecular weight is 459 g/mol. The zero-order valence-electron chi connectivity index (χ0n) is 19.2. The number of carbonyl (C=O) groups is 2. The minimum Gasteiger partial charge on any atom is -0.279 e. The van der Waals surface area contributed by atoms with E-state index in [0.29, 0.717) is 6.42 Å². The van der Waals surface area contributed by atoms with Gasteiger partial charge in [0.05, 0.1) is 10.9 Å². The third-order valence-corrected chi connectivity index (χ3v) is 8.52. The lowest BCUT2D eigenvalue weighted by molar-refractivity contribution is -0.142. The molecule has 0 radical (unpaired) electrons. The largest absolute Gasteiger partial charge is 0.279 e. The van der Waals surface area contributed by atoms with Crippen molar-refractivity contribution in [1.82, 2.24) is 4.90 Å². The van der Waals surface area contributed by atoms with Gasteiger partial charge in [0.1, 0.15) is 0 Å². The van der Waals surface area contributed by atoms with E-state index in [9.17, 15) is 9.59 Å². The quantitative estimate of drug-likeness (QED) is 0.331. The maximum atomic E-state index is 11.7. The van der Waals surface area contributed by atoms with Crippen molar-refractivity contribution in [2.45, 2.75) is 66.2 Å². The van der Waals surface area contributed by atoms with Crippen molar-refractivity contribution in [2.24, 2.45) is 5.92 Å². The normalized spacial score (nSPS) is 18.8. The Balaban J connectivity index is 0.000000165. The first-order valence-corrected chi connectivity index (χ1v) is 13.1. The van der Waals surface area contributed by atoms with Crippen LogP contribution in [-0.2, 0) is 20.5 Å². The van der Waals surface area contributed by atoms with Crippen LogP contribution in [0.1, 0.15) is 45.4 Å². The summed E-state index contributed by atoms with van der Waals surface area (Å²) in [5.74, 6) is 0.0285. The molecule has 1 heterocycles. The average Bonchev–Trinajstić information content (AvgIpc) is 3.13. The second-order valence-electron chi connectivity index (χ2n) is 8.74. The van der Waals surface area contributed by atoms with Crippen LogP contribution in [0.5, 0.6) is 0 Å². The molecule has 0 N–H and O–H groups in total. The second kappa shape index (κ2) is 11.3. The molecule has 3 nitrogen and oxygen atoms in total. The molecule has 170 valence electrons. The standard InChI is InChI=1S/C18H15S.C11H17NO2/c1-4-10-16(11-5-1)19(17-12-6-2-7-13-17)18-14-8-3-9-15-18;1-8-7-10(13)12(11(8)14)9-5-3-2-4-6-9/h1-15H;8-9H,2-7H2,1H3/q+1;. The highest BCUT2D eigenvalue weighted by atomic mass is 32.2. The zero-order valence-corrected chi connectivity index (χ0v) is 20.0. The molecule has 1 saturated carbocycles. The van der Waals surface area contributed by atoms with Crippen molar-refractivity contribution in [3.05, 3.63) is 91.0 Å². The highest BCUT2D eigenvalue weighted by Gasteiger charge is 2.40. The highest BCUT2D eigenvalue weighted by molar-refractivity contribution is 7.97. The molecule has 2 aliphatic rings. The highest BCUT2D eigenvalue weighted by Crippen LogP contribution is 2.31. The van der Waals surface area contributed by atoms with Crippen molar-refractivity contribution in [3.8, 4) is 0 Å². The molecule has 0 spiro atoms. The Morgan fingerprint density at radius 1 is 0.667 bits per heavy atom. The number of amides is 2. The summed E-state index contributed by atoms with van der Waals surface area (Å²) >= 11 is 0. The first kappa shape index (κ1) is 23.3. The summed E-state index contributed by atoms with van der Waals surface area (Å²) in [7, 11) is -0.0146. The Morgan fingerprint density at radius 2 is 1.09 bits per heavy atom. The molecular formula is C29H32NO2S+. The fourth-order valence-electron chi connectivity index (χ4n) is 4.61. The van der Waals surface area contributed by atoms with Crippen LogP contribution in [0.25, 0.3) is 0 Å². The Hall–Kier alpha value is -2.85. The monoisotopic (exact) mass is 458 g/mol. The molecule has 0 aromatic heterocycles. The lowest BCUT2D eigenvalue weighted by Crippen LogP contribution is -2.41. The third-order valence-electron chi connectivity index (χ3n) is 6.29. The molecule has 1 aliphatic carbocycles. The van der Waals surface area contributed by atoms with Gasteiger partial charge in [-0.15, -0.1) is 0 Å². The van der Waals surface area contributed by atoms with E-state index < -0.39 is 0 Å². The Kier molecular flexibility index (Phi) is 8.01. The van der Waals surface area contributed by atoms with Gasteiger partial charge in [-0.3, -0.25) is 14.5 Å². The van der Waals surface area contributed by atoms with E-state index in [0.717, 1.165) is 25.7 Å². The van der Waals surface area contributed by atoms with Crippen LogP contribution in [0.15, 0.2) is 106 Å². The van der Waals surface area contributed by atoms with Crippen molar-refractivity contribution in [2.75, 3.05) is 0 Å². The molecule has 3 aromatic carbocycles. The summed E-state index contributed by atoms with van der Waals surface area (Å²) in [5.41, 5.74) is 0. The maximum absolute atomic E-state index is 11.7. The van der Waals surface area contributed by atoms with Crippen molar-refractivity contribution in [1.29, 1.82) is 0 Å². The first-order chi connectivity index (χ1) is 16.1. The van der Waals surface area contributed by atoms with Gasteiger partial charge in [0, 0.05) is 18.4 Å². The lowest BCUT2D eigenvalue weighted by atomic mass is 9.94. The zero-order chi connectivity index (χ0) is 23.0. The molecule has 3 aromatic rings. The lowest BCUT2D eigenvalue weighted by Gasteiger charge is -2.29. The van der Waals surface area contributed by atoms with E-state index in [1.54, 1.807) is 4.90 Å². The number of imide groups is 1. The van der Waals surface area contributed by atoms with E-state index >= 15 is 0 Å². The van der Waals surface area contributed by atoms with Gasteiger partial charge in [-0.2, -0.15) is 0 Å². The molecule has 1 unspecified atom stereocenters. The van der Waals surface area contributed by atoms with E-state index in [4.69, 9.17) is 0 Å². The number of hydrogen-bond donors (Lipinski definition) is 0. The number of rotatable bonds is 4. The van der Waals surface area contributed by atoms with Gasteiger partial charge in [-0.25, -0.2) is 0 Å². The smallest absolute Gasteiger partial charge is 0.232 e. The summed E-state index contributed by atoms with van der Waals surface area (Å²) in [5, 5.41) is 0. The van der Waals surface area contributed by atoms with E-state index in [1.165, 1.54) is 21.1 Å². The van der Waals surface area contributed by atoms with Gasteiger partial charge in [-0.1, -0.05) is 80.8 Å². The molecule has 5 rings (SSSR count). The van der Waals surface area contributed by atoms with Gasteiger partial charge >= 0.3 is 0 Å². The number of nitrogens with zero attached hydrogens (tertiary/aromatic N) is 1. The van der Waals surface area contributed by atoms with Crippen molar-refractivity contribution >= 4 is 22.7 Å². The Morgan fingerprint density at radius 3 is 1.45 bits per heavy atom. The number of hydrogen-bond acceptors (Lipinski definition) is 2. The van der Waals surface area contributed by atoms with Crippen LogP contribution in [0.4, 0.5) is 0 Å². The second-order valence-corrected chi connectivity index (χ2v) is 10.8. The number of carbonyl (C=O) groups excluding carboxylic acids is 2. The predicted molar refractivity (Wildman–Crippen MR) is 134 cm³/mol. The summed E-state index contributed by atoms with van der Waals surface area (Å²) in [4.78, 5) is 28.9. The molecule has 1 atom stereocenters. The maximum Gasteiger partial charge on any atom is 0.232 e. The minimum absolute atomic E-state index is 0.0146. The number of benzene rings is 3. The van der Waals surface area contributed by atoms with E-state index in [-0.39, 0.29) is 34.7 Å². The molecule has 2 fully saturated rings. The van der Waals surface area contributed by atoms with Crippen LogP contribution in [0, 0.1) is 5.92 Å². The van der Waals surface area contributed by atoms with Gasteiger partial charge in [-0.05, 0) is 49.2 Å². The van der Waals surface area contributed by atoms with Gasteiger partial charge in [0.15, 0.2) is 14.7 Å². The number of likely N-dealkylation sites (tertiary alicyclic amines) is 1. The van der Waals surface area contributed by atoms with Gasteiger partial charge in [0.25, 0.3) is 0 Å². The van der Waals surface area contributed by atoms with Crippen LogP contribution in [0.3, 0.4) is 0 Å². The molecule has 2 amide bonds.